The Balaban J connectivity index is -0.000000141. The first kappa shape index (κ1) is 28.2. The average Bonchev–Trinajstić information content (AvgIpc) is 2.80. The maximum Gasteiger partial charge on any atom is 0.332 e. The van der Waals surface area contributed by atoms with Crippen LogP contribution in [0.5, 0.6) is 0 Å². The van der Waals surface area contributed by atoms with E-state index in [0.717, 1.165) is 0 Å². The third kappa shape index (κ3) is 11.8. The van der Waals surface area contributed by atoms with Crippen LogP contribution in [0, 0.1) is 0 Å². The molecule has 1 rings (SSSR count). The van der Waals surface area contributed by atoms with Crippen molar-refractivity contribution in [3.05, 3.63) is 0 Å². The molecule has 22 heavy (non-hydrogen) atoms. The molecular formula is C14H31N3O5. The molecule has 0 saturated carbocycles. The van der Waals surface area contributed by atoms with Crippen LogP contribution in [-0.2, 0) is 24.0 Å². The Morgan fingerprint density at radius 3 is 1.73 bits per heavy atom. The van der Waals surface area contributed by atoms with Gasteiger partial charge < -0.3 is 15.9 Å². The maximum absolute atomic E-state index is 10.9. The van der Waals surface area contributed by atoms with Crippen LogP contribution in [-0.4, -0.2) is 42.8 Å². The topological polar surface area (TPSA) is 119 Å². The van der Waals surface area contributed by atoms with Gasteiger partial charge in [0.2, 0.25) is 5.91 Å². The molecule has 132 valence electrons. The van der Waals surface area contributed by atoms with Crippen LogP contribution in [0.15, 0.2) is 0 Å². The lowest BCUT2D eigenvalue weighted by atomic mass is 10.4. The molecule has 3 amide bonds. The molecule has 8 nitrogen and oxygen atoms in total. The van der Waals surface area contributed by atoms with Gasteiger partial charge in [0.25, 0.3) is 11.8 Å². The van der Waals surface area contributed by atoms with Crippen molar-refractivity contribution in [1.82, 2.24) is 10.4 Å². The van der Waals surface area contributed by atoms with Gasteiger partial charge in [0, 0.05) is 32.7 Å². The molecule has 0 aromatic rings. The van der Waals surface area contributed by atoms with E-state index in [-0.39, 0.29) is 40.0 Å². The van der Waals surface area contributed by atoms with E-state index in [2.05, 4.69) is 15.9 Å². The number of amides is 3. The molecule has 0 aromatic heterocycles. The van der Waals surface area contributed by atoms with Crippen molar-refractivity contribution in [2.45, 2.75) is 54.4 Å². The zero-order valence-corrected chi connectivity index (χ0v) is 12.4. The molecule has 3 N–H and O–H groups in total. The highest BCUT2D eigenvalue weighted by atomic mass is 16.7. The first-order chi connectivity index (χ1) is 9.46. The molecule has 0 aliphatic carbocycles. The fourth-order valence-electron chi connectivity index (χ4n) is 1.00. The van der Waals surface area contributed by atoms with Gasteiger partial charge in [0.1, 0.15) is 0 Å². The first-order valence-electron chi connectivity index (χ1n) is 6.31. The lowest BCUT2D eigenvalue weighted by Gasteiger charge is -2.10. The molecular weight excluding hydrogens is 290 g/mol. The van der Waals surface area contributed by atoms with Gasteiger partial charge in [0.15, 0.2) is 0 Å². The van der Waals surface area contributed by atoms with E-state index in [9.17, 15) is 19.2 Å². The number of nitrogens with zero attached hydrogens (tertiary/aromatic N) is 1. The third-order valence-corrected chi connectivity index (χ3v) is 2.09. The Bertz CT molecular complexity index is 323. The van der Waals surface area contributed by atoms with Crippen molar-refractivity contribution in [1.29, 1.82) is 0 Å². The molecule has 1 fully saturated rings. The maximum atomic E-state index is 10.9. The summed E-state index contributed by atoms with van der Waals surface area (Å²) in [5.41, 5.74) is 4.50. The number of carbonyl (C=O) groups excluding carboxylic acids is 4. The van der Waals surface area contributed by atoms with Crippen LogP contribution in [0.25, 0.3) is 0 Å². The minimum Gasteiger partial charge on any atom is -0.359 e. The highest BCUT2D eigenvalue weighted by Gasteiger charge is 2.32. The fraction of sp³-hybridized carbons (Fsp3) is 0.714. The lowest BCUT2D eigenvalue weighted by Crippen LogP contribution is -2.31. The predicted molar refractivity (Wildman–Crippen MR) is 85.4 cm³/mol. The van der Waals surface area contributed by atoms with E-state index in [1.54, 1.807) is 14.0 Å². The summed E-state index contributed by atoms with van der Waals surface area (Å²) in [6.45, 7) is 3.41. The summed E-state index contributed by atoms with van der Waals surface area (Å²) in [4.78, 5) is 47.0. The van der Waals surface area contributed by atoms with Crippen molar-refractivity contribution in [3.63, 3.8) is 0 Å². The summed E-state index contributed by atoms with van der Waals surface area (Å²) >= 11 is 0. The smallest absolute Gasteiger partial charge is 0.332 e. The highest BCUT2D eigenvalue weighted by Crippen LogP contribution is 2.12. The number of hydrogen-bond donors (Lipinski definition) is 2. The number of nitrogens with one attached hydrogen (secondary N) is 1. The molecule has 0 unspecified atom stereocenters. The van der Waals surface area contributed by atoms with Crippen LogP contribution < -0.4 is 11.1 Å². The molecule has 0 spiro atoms. The van der Waals surface area contributed by atoms with Crippen molar-refractivity contribution in [3.8, 4) is 0 Å². The van der Waals surface area contributed by atoms with Crippen LogP contribution in [0.2, 0.25) is 0 Å². The Morgan fingerprint density at radius 1 is 1.09 bits per heavy atom. The summed E-state index contributed by atoms with van der Waals surface area (Å²) < 4.78 is 0. The minimum atomic E-state index is -0.571. The number of hydroxylamine groups is 2. The van der Waals surface area contributed by atoms with Gasteiger partial charge in [-0.2, -0.15) is 0 Å². The molecule has 8 heteroatoms. The fourth-order valence-corrected chi connectivity index (χ4v) is 1.00. The van der Waals surface area contributed by atoms with E-state index in [1.165, 1.54) is 7.05 Å². The van der Waals surface area contributed by atoms with E-state index in [0.29, 0.717) is 11.5 Å². The molecule has 0 atom stereocenters. The van der Waals surface area contributed by atoms with Gasteiger partial charge >= 0.3 is 5.97 Å². The highest BCUT2D eigenvalue weighted by molar-refractivity contribution is 6.01. The predicted octanol–water partition coefficient (Wildman–Crippen LogP) is 0.993. The van der Waals surface area contributed by atoms with Gasteiger partial charge in [-0.3, -0.25) is 14.4 Å². The Hall–Kier alpha value is -1.96. The van der Waals surface area contributed by atoms with Crippen molar-refractivity contribution in [2.24, 2.45) is 5.73 Å². The van der Waals surface area contributed by atoms with E-state index in [1.807, 2.05) is 6.92 Å². The summed E-state index contributed by atoms with van der Waals surface area (Å²) in [6.07, 6.45) is 0.999. The molecule has 1 aliphatic rings. The Kier molecular flexibility index (Phi) is 21.9. The summed E-state index contributed by atoms with van der Waals surface area (Å²) in [6, 6.07) is 0. The quantitative estimate of drug-likeness (QED) is 0.748. The van der Waals surface area contributed by atoms with Gasteiger partial charge in [-0.05, 0) is 7.05 Å². The van der Waals surface area contributed by atoms with Gasteiger partial charge in [-0.25, -0.2) is 4.79 Å². The van der Waals surface area contributed by atoms with Crippen LogP contribution in [0.1, 0.15) is 54.4 Å². The van der Waals surface area contributed by atoms with Gasteiger partial charge in [-0.15, -0.1) is 5.06 Å². The average molecular weight is 321 g/mol. The van der Waals surface area contributed by atoms with E-state index >= 15 is 0 Å². The minimum absolute atomic E-state index is 0. The second kappa shape index (κ2) is 17.1. The number of nitrogens with two attached hydrogens (primary N) is 1. The number of rotatable bonds is 3. The van der Waals surface area contributed by atoms with E-state index in [4.69, 9.17) is 0 Å². The van der Waals surface area contributed by atoms with Crippen molar-refractivity contribution < 1.29 is 24.0 Å². The lowest BCUT2D eigenvalue weighted by molar-refractivity contribution is -0.197. The van der Waals surface area contributed by atoms with E-state index < -0.39 is 17.8 Å². The molecule has 0 bridgehead atoms. The zero-order valence-electron chi connectivity index (χ0n) is 12.4. The second-order valence-corrected chi connectivity index (χ2v) is 3.43. The van der Waals surface area contributed by atoms with Gasteiger partial charge in [0.05, 0.1) is 0 Å². The standard InChI is InChI=1S/C7H9NO4.C4H9NO.CH5N.2CH4/c1-2-7(11)12-8-5(9)3-4-6(8)10;1-3-4(6)5-2;1-2;;/h2-4H2,1H3;3H2,1-2H3,(H,5,6);2H2,1H3;2*1H4. The molecule has 1 aliphatic heterocycles. The number of carbonyl (C=O) groups is 4. The summed E-state index contributed by atoms with van der Waals surface area (Å²) in [5.74, 6) is -1.36. The number of hydrogen-bond acceptors (Lipinski definition) is 6. The molecule has 1 heterocycles. The zero-order chi connectivity index (χ0) is 16.1. The van der Waals surface area contributed by atoms with Crippen LogP contribution in [0.3, 0.4) is 0 Å². The first-order valence-corrected chi connectivity index (χ1v) is 6.31. The normalized spacial score (nSPS) is 11.6. The molecule has 0 aromatic carbocycles. The monoisotopic (exact) mass is 321 g/mol. The van der Waals surface area contributed by atoms with Crippen molar-refractivity contribution in [2.75, 3.05) is 14.1 Å². The van der Waals surface area contributed by atoms with Crippen LogP contribution >= 0.6 is 0 Å². The molecule has 0 radical (unpaired) electrons. The summed E-state index contributed by atoms with van der Waals surface area (Å²) in [7, 11) is 3.13. The number of imide groups is 1. The van der Waals surface area contributed by atoms with Crippen molar-refractivity contribution >= 4 is 23.7 Å². The summed E-state index contributed by atoms with van der Waals surface area (Å²) in [5, 5.41) is 3.02. The SMILES string of the molecule is C.C.CCC(=O)NC.CCC(=O)ON1C(=O)CCC1=O.CN. The third-order valence-electron chi connectivity index (χ3n) is 2.09. The van der Waals surface area contributed by atoms with Gasteiger partial charge in [-0.1, -0.05) is 28.7 Å². The van der Waals surface area contributed by atoms with Crippen LogP contribution in [0.4, 0.5) is 0 Å². The second-order valence-electron chi connectivity index (χ2n) is 3.43. The largest absolute Gasteiger partial charge is 0.359 e. The Morgan fingerprint density at radius 2 is 1.50 bits per heavy atom. The Labute approximate surface area is 133 Å². The molecule has 1 saturated heterocycles.